The minimum Gasteiger partial charge on any atom is -0.478 e. The van der Waals surface area contributed by atoms with Crippen molar-refractivity contribution in [1.29, 1.82) is 0 Å². The summed E-state index contributed by atoms with van der Waals surface area (Å²) in [6, 6.07) is 5.38. The van der Waals surface area contributed by atoms with Crippen molar-refractivity contribution < 1.29 is 14.6 Å². The molecule has 0 spiro atoms. The van der Waals surface area contributed by atoms with Gasteiger partial charge in [-0.3, -0.25) is 0 Å². The van der Waals surface area contributed by atoms with E-state index < -0.39 is 5.97 Å². The van der Waals surface area contributed by atoms with E-state index in [0.717, 1.165) is 17.1 Å². The number of halogens is 1. The molecule has 1 rings (SSSR count). The first-order valence-corrected chi connectivity index (χ1v) is 7.34. The Morgan fingerprint density at radius 3 is 2.72 bits per heavy atom. The third-order valence-corrected chi connectivity index (χ3v) is 4.38. The second-order valence-electron chi connectivity index (χ2n) is 4.51. The molecule has 0 saturated carbocycles. The Labute approximate surface area is 120 Å². The summed E-state index contributed by atoms with van der Waals surface area (Å²) in [6.07, 6.45) is 0.909. The van der Waals surface area contributed by atoms with E-state index in [1.54, 1.807) is 31.0 Å². The van der Waals surface area contributed by atoms with Crippen molar-refractivity contribution >= 4 is 33.7 Å². The Morgan fingerprint density at radius 1 is 1.50 bits per heavy atom. The maximum atomic E-state index is 11.0. The molecule has 100 valence electrons. The highest BCUT2D eigenvalue weighted by Gasteiger charge is 2.16. The smallest absolute Gasteiger partial charge is 0.336 e. The van der Waals surface area contributed by atoms with Crippen molar-refractivity contribution in [2.75, 3.05) is 12.9 Å². The van der Waals surface area contributed by atoms with Crippen molar-refractivity contribution in [2.24, 2.45) is 0 Å². The van der Waals surface area contributed by atoms with Crippen LogP contribution in [0.3, 0.4) is 0 Å². The van der Waals surface area contributed by atoms with Gasteiger partial charge in [0.15, 0.2) is 0 Å². The van der Waals surface area contributed by atoms with Crippen LogP contribution in [0.15, 0.2) is 27.6 Å². The van der Waals surface area contributed by atoms with Crippen LogP contribution >= 0.6 is 27.7 Å². The number of benzene rings is 1. The molecule has 0 unspecified atom stereocenters. The van der Waals surface area contributed by atoms with Crippen LogP contribution in [0.2, 0.25) is 0 Å². The van der Waals surface area contributed by atoms with E-state index in [2.05, 4.69) is 15.9 Å². The molecule has 0 aliphatic rings. The number of thioether (sulfide) groups is 1. The molecule has 0 saturated heterocycles. The summed E-state index contributed by atoms with van der Waals surface area (Å²) < 4.78 is 5.95. The number of hydrogen-bond acceptors (Lipinski definition) is 3. The van der Waals surface area contributed by atoms with E-state index in [1.165, 1.54) is 0 Å². The van der Waals surface area contributed by atoms with Crippen molar-refractivity contribution in [3.63, 3.8) is 0 Å². The molecule has 0 radical (unpaired) electrons. The highest BCUT2D eigenvalue weighted by atomic mass is 79.9. The highest BCUT2D eigenvalue weighted by Crippen LogP contribution is 2.27. The van der Waals surface area contributed by atoms with Gasteiger partial charge in [-0.2, -0.15) is 0 Å². The predicted molar refractivity (Wildman–Crippen MR) is 77.5 cm³/mol. The van der Waals surface area contributed by atoms with Crippen LogP contribution < -0.4 is 0 Å². The topological polar surface area (TPSA) is 46.5 Å². The fourth-order valence-electron chi connectivity index (χ4n) is 1.27. The molecule has 0 fully saturated rings. The molecule has 3 nitrogen and oxygen atoms in total. The Balaban J connectivity index is 2.64. The maximum absolute atomic E-state index is 11.0. The van der Waals surface area contributed by atoms with Crippen molar-refractivity contribution in [2.45, 2.75) is 30.8 Å². The molecule has 1 N–H and O–H groups in total. The quantitative estimate of drug-likeness (QED) is 0.798. The summed E-state index contributed by atoms with van der Waals surface area (Å²) in [5.74, 6) is -0.0248. The standard InChI is InChI=1S/C13H17BrO3S/c1-13(2,17-3)6-7-18-9-4-5-11(14)10(8-9)12(15)16/h4-5,8H,6-7H2,1-3H3,(H,15,16). The average Bonchev–Trinajstić information content (AvgIpc) is 2.31. The minimum atomic E-state index is -0.915. The molecule has 1 aromatic rings. The number of methoxy groups -OCH3 is 1. The molecule has 0 bridgehead atoms. The summed E-state index contributed by atoms with van der Waals surface area (Å²) in [4.78, 5) is 12.0. The largest absolute Gasteiger partial charge is 0.478 e. The molecule has 18 heavy (non-hydrogen) atoms. The molecule has 0 aliphatic carbocycles. The van der Waals surface area contributed by atoms with Gasteiger partial charge in [0.2, 0.25) is 0 Å². The molecule has 0 aromatic heterocycles. The summed E-state index contributed by atoms with van der Waals surface area (Å²) in [6.45, 7) is 4.08. The zero-order valence-corrected chi connectivity index (χ0v) is 13.1. The van der Waals surface area contributed by atoms with Crippen LogP contribution in [0.25, 0.3) is 0 Å². The van der Waals surface area contributed by atoms with Gasteiger partial charge >= 0.3 is 5.97 Å². The lowest BCUT2D eigenvalue weighted by Crippen LogP contribution is -2.22. The van der Waals surface area contributed by atoms with Gasteiger partial charge in [-0.1, -0.05) is 0 Å². The van der Waals surface area contributed by atoms with E-state index in [9.17, 15) is 4.79 Å². The number of rotatable bonds is 6. The van der Waals surface area contributed by atoms with E-state index in [4.69, 9.17) is 9.84 Å². The molecule has 0 amide bonds. The molecule has 1 aromatic carbocycles. The predicted octanol–water partition coefficient (Wildman–Crippen LogP) is 4.05. The van der Waals surface area contributed by atoms with Crippen LogP contribution in [-0.4, -0.2) is 29.5 Å². The van der Waals surface area contributed by atoms with Gasteiger partial charge in [0.25, 0.3) is 0 Å². The van der Waals surface area contributed by atoms with Crippen molar-refractivity contribution in [3.8, 4) is 0 Å². The Bertz CT molecular complexity index is 432. The van der Waals surface area contributed by atoms with E-state index in [0.29, 0.717) is 10.0 Å². The third-order valence-electron chi connectivity index (χ3n) is 2.69. The minimum absolute atomic E-state index is 0.141. The second kappa shape index (κ2) is 6.59. The van der Waals surface area contributed by atoms with Crippen LogP contribution in [0, 0.1) is 0 Å². The van der Waals surface area contributed by atoms with Gasteiger partial charge in [0.05, 0.1) is 11.2 Å². The molecule has 5 heteroatoms. The van der Waals surface area contributed by atoms with Gasteiger partial charge < -0.3 is 9.84 Å². The second-order valence-corrected chi connectivity index (χ2v) is 6.53. The zero-order chi connectivity index (χ0) is 13.8. The number of ether oxygens (including phenoxy) is 1. The molecular weight excluding hydrogens is 316 g/mol. The fraction of sp³-hybridized carbons (Fsp3) is 0.462. The van der Waals surface area contributed by atoms with E-state index in [1.807, 2.05) is 19.9 Å². The third kappa shape index (κ3) is 4.63. The average molecular weight is 333 g/mol. The van der Waals surface area contributed by atoms with Gasteiger partial charge in [-0.05, 0) is 54.4 Å². The summed E-state index contributed by atoms with van der Waals surface area (Å²) in [5, 5.41) is 9.02. The van der Waals surface area contributed by atoms with Crippen LogP contribution in [0.1, 0.15) is 30.6 Å². The fourth-order valence-corrected chi connectivity index (χ4v) is 2.89. The zero-order valence-electron chi connectivity index (χ0n) is 10.7. The first-order chi connectivity index (χ1) is 8.35. The summed E-state index contributed by atoms with van der Waals surface area (Å²) >= 11 is 4.87. The van der Waals surface area contributed by atoms with Crippen molar-refractivity contribution in [1.82, 2.24) is 0 Å². The number of carboxylic acids is 1. The van der Waals surface area contributed by atoms with E-state index >= 15 is 0 Å². The SMILES string of the molecule is COC(C)(C)CCSc1ccc(Br)c(C(=O)O)c1. The van der Waals surface area contributed by atoms with Crippen LogP contribution in [0.5, 0.6) is 0 Å². The first-order valence-electron chi connectivity index (χ1n) is 5.56. The van der Waals surface area contributed by atoms with Crippen molar-refractivity contribution in [3.05, 3.63) is 28.2 Å². The van der Waals surface area contributed by atoms with Gasteiger partial charge in [0.1, 0.15) is 0 Å². The van der Waals surface area contributed by atoms with Gasteiger partial charge in [-0.15, -0.1) is 11.8 Å². The number of hydrogen-bond donors (Lipinski definition) is 1. The number of aromatic carboxylic acids is 1. The molecular formula is C13H17BrO3S. The Hall–Kier alpha value is -0.520. The molecule has 0 aliphatic heterocycles. The number of carbonyl (C=O) groups is 1. The normalized spacial score (nSPS) is 11.6. The van der Waals surface area contributed by atoms with E-state index in [-0.39, 0.29) is 5.60 Å². The lowest BCUT2D eigenvalue weighted by molar-refractivity contribution is 0.0206. The van der Waals surface area contributed by atoms with Crippen LogP contribution in [-0.2, 0) is 4.74 Å². The molecule has 0 heterocycles. The van der Waals surface area contributed by atoms with Gasteiger partial charge in [0, 0.05) is 22.2 Å². The highest BCUT2D eigenvalue weighted by molar-refractivity contribution is 9.10. The first kappa shape index (κ1) is 15.5. The summed E-state index contributed by atoms with van der Waals surface area (Å²) in [7, 11) is 1.70. The lowest BCUT2D eigenvalue weighted by Gasteiger charge is -2.22. The monoisotopic (exact) mass is 332 g/mol. The Kier molecular flexibility index (Phi) is 5.69. The summed E-state index contributed by atoms with van der Waals surface area (Å²) in [5.41, 5.74) is 0.156. The maximum Gasteiger partial charge on any atom is 0.336 e. The molecule has 0 atom stereocenters. The lowest BCUT2D eigenvalue weighted by atomic mass is 10.1. The van der Waals surface area contributed by atoms with Gasteiger partial charge in [-0.25, -0.2) is 4.79 Å². The number of carboxylic acid groups (broad SMARTS) is 1. The Morgan fingerprint density at radius 2 is 2.17 bits per heavy atom. The van der Waals surface area contributed by atoms with Crippen LogP contribution in [0.4, 0.5) is 0 Å².